The molecular formula is C14H15Br2ClN2S. The Balaban J connectivity index is 2.16. The molecular weight excluding hydrogens is 423 g/mol. The molecule has 0 spiro atoms. The molecule has 0 fully saturated rings. The van der Waals surface area contributed by atoms with Gasteiger partial charge in [-0.25, -0.2) is 0 Å². The summed E-state index contributed by atoms with van der Waals surface area (Å²) < 4.78 is 2.06. The van der Waals surface area contributed by atoms with Crippen LogP contribution in [0.5, 0.6) is 0 Å². The summed E-state index contributed by atoms with van der Waals surface area (Å²) in [6, 6.07) is 8.29. The maximum Gasteiger partial charge on any atom is 0.0701 e. The molecule has 1 aromatic carbocycles. The van der Waals surface area contributed by atoms with Crippen molar-refractivity contribution >= 4 is 54.8 Å². The van der Waals surface area contributed by atoms with Crippen LogP contribution in [0, 0.1) is 0 Å². The van der Waals surface area contributed by atoms with Crippen LogP contribution in [0.4, 0.5) is 0 Å². The average Bonchev–Trinajstić information content (AvgIpc) is 2.80. The maximum atomic E-state index is 6.05. The molecule has 0 amide bonds. The fraction of sp³-hybridized carbons (Fsp3) is 0.286. The Morgan fingerprint density at radius 1 is 1.35 bits per heavy atom. The average molecular weight is 439 g/mol. The quantitative estimate of drug-likeness (QED) is 0.707. The van der Waals surface area contributed by atoms with Crippen LogP contribution in [-0.4, -0.2) is 18.5 Å². The van der Waals surface area contributed by atoms with Crippen LogP contribution in [-0.2, 0) is 6.54 Å². The van der Waals surface area contributed by atoms with Crippen LogP contribution < -0.4 is 5.73 Å². The zero-order valence-corrected chi connectivity index (χ0v) is 15.7. The van der Waals surface area contributed by atoms with Crippen LogP contribution in [0.1, 0.15) is 17.2 Å². The monoisotopic (exact) mass is 436 g/mol. The van der Waals surface area contributed by atoms with Gasteiger partial charge in [0.2, 0.25) is 0 Å². The molecule has 0 radical (unpaired) electrons. The Labute approximate surface area is 145 Å². The second kappa shape index (κ2) is 7.38. The van der Waals surface area contributed by atoms with Crippen molar-refractivity contribution in [2.45, 2.75) is 12.6 Å². The summed E-state index contributed by atoms with van der Waals surface area (Å²) in [5, 5.41) is 2.88. The lowest BCUT2D eigenvalue weighted by atomic mass is 10.1. The molecule has 2 aromatic rings. The van der Waals surface area contributed by atoms with Crippen molar-refractivity contribution in [3.8, 4) is 0 Å². The molecule has 1 aromatic heterocycles. The summed E-state index contributed by atoms with van der Waals surface area (Å²) >= 11 is 14.7. The molecule has 0 aliphatic rings. The molecule has 1 heterocycles. The van der Waals surface area contributed by atoms with Crippen molar-refractivity contribution in [1.82, 2.24) is 4.90 Å². The van der Waals surface area contributed by atoms with E-state index in [1.807, 2.05) is 18.2 Å². The highest BCUT2D eigenvalue weighted by molar-refractivity contribution is 9.11. The Morgan fingerprint density at radius 2 is 2.10 bits per heavy atom. The Hall–Kier alpha value is 0.0900. The van der Waals surface area contributed by atoms with E-state index in [2.05, 4.69) is 55.3 Å². The van der Waals surface area contributed by atoms with Gasteiger partial charge >= 0.3 is 0 Å². The van der Waals surface area contributed by atoms with Crippen molar-refractivity contribution in [3.05, 3.63) is 54.1 Å². The molecule has 1 unspecified atom stereocenters. The number of likely N-dealkylation sites (N-methyl/N-ethyl adjacent to an activating group) is 1. The maximum absolute atomic E-state index is 6.05. The lowest BCUT2D eigenvalue weighted by Crippen LogP contribution is -2.30. The summed E-state index contributed by atoms with van der Waals surface area (Å²) in [7, 11) is 2.09. The molecule has 2 nitrogen and oxygen atoms in total. The first-order valence-electron chi connectivity index (χ1n) is 6.09. The van der Waals surface area contributed by atoms with Crippen molar-refractivity contribution in [1.29, 1.82) is 0 Å². The van der Waals surface area contributed by atoms with Crippen molar-refractivity contribution in [2.75, 3.05) is 13.6 Å². The van der Waals surface area contributed by atoms with Crippen LogP contribution in [0.15, 0.2) is 37.9 Å². The third-order valence-corrected chi connectivity index (χ3v) is 5.90. The highest BCUT2D eigenvalue weighted by atomic mass is 79.9. The first kappa shape index (κ1) is 16.5. The van der Waals surface area contributed by atoms with E-state index in [9.17, 15) is 0 Å². The molecule has 0 saturated carbocycles. The molecule has 1 atom stereocenters. The Kier molecular flexibility index (Phi) is 6.08. The van der Waals surface area contributed by atoms with E-state index in [0.717, 1.165) is 14.8 Å². The number of hydrogen-bond acceptors (Lipinski definition) is 3. The Morgan fingerprint density at radius 3 is 2.65 bits per heavy atom. The zero-order valence-electron chi connectivity index (χ0n) is 10.9. The smallest absolute Gasteiger partial charge is 0.0701 e. The van der Waals surface area contributed by atoms with Gasteiger partial charge in [0.15, 0.2) is 0 Å². The third-order valence-electron chi connectivity index (χ3n) is 3.14. The molecule has 20 heavy (non-hydrogen) atoms. The van der Waals surface area contributed by atoms with Crippen LogP contribution >= 0.6 is 54.8 Å². The van der Waals surface area contributed by atoms with E-state index in [1.165, 1.54) is 11.1 Å². The lowest BCUT2D eigenvalue weighted by Gasteiger charge is -2.27. The Bertz CT molecular complexity index is 588. The second-order valence-corrected chi connectivity index (χ2v) is 8.15. The molecule has 0 bridgehead atoms. The summed E-state index contributed by atoms with van der Waals surface area (Å²) in [6.07, 6.45) is 0. The number of nitrogens with two attached hydrogens (primary N) is 1. The van der Waals surface area contributed by atoms with E-state index in [0.29, 0.717) is 11.6 Å². The largest absolute Gasteiger partial charge is 0.329 e. The van der Waals surface area contributed by atoms with Gasteiger partial charge in [-0.2, -0.15) is 0 Å². The van der Waals surface area contributed by atoms with E-state index >= 15 is 0 Å². The van der Waals surface area contributed by atoms with Gasteiger partial charge in [0.05, 0.1) is 8.81 Å². The fourth-order valence-electron chi connectivity index (χ4n) is 2.12. The van der Waals surface area contributed by atoms with Gasteiger partial charge in [0.1, 0.15) is 0 Å². The van der Waals surface area contributed by atoms with Crippen LogP contribution in [0.2, 0.25) is 5.02 Å². The zero-order chi connectivity index (χ0) is 14.7. The normalized spacial score (nSPS) is 12.9. The number of nitrogens with zero attached hydrogens (tertiary/aromatic N) is 1. The summed E-state index contributed by atoms with van der Waals surface area (Å²) in [4.78, 5) is 2.25. The molecule has 0 aliphatic heterocycles. The van der Waals surface area contributed by atoms with Gasteiger partial charge in [-0.05, 0) is 73.6 Å². The fourth-order valence-corrected chi connectivity index (χ4v) is 3.83. The molecule has 2 rings (SSSR count). The van der Waals surface area contributed by atoms with Gasteiger partial charge in [0.25, 0.3) is 0 Å². The number of rotatable bonds is 5. The van der Waals surface area contributed by atoms with Crippen molar-refractivity contribution < 1.29 is 0 Å². The number of thiophene rings is 1. The molecule has 6 heteroatoms. The lowest BCUT2D eigenvalue weighted by molar-refractivity contribution is 0.242. The second-order valence-electron chi connectivity index (χ2n) is 4.60. The number of halogens is 3. The van der Waals surface area contributed by atoms with Gasteiger partial charge in [-0.3, -0.25) is 4.90 Å². The molecule has 0 aliphatic carbocycles. The molecule has 108 valence electrons. The number of benzene rings is 1. The first-order valence-corrected chi connectivity index (χ1v) is 8.93. The predicted octanol–water partition coefficient (Wildman–Crippen LogP) is 5.06. The highest BCUT2D eigenvalue weighted by Gasteiger charge is 2.17. The van der Waals surface area contributed by atoms with E-state index in [1.54, 1.807) is 11.3 Å². The topological polar surface area (TPSA) is 29.3 Å². The minimum Gasteiger partial charge on any atom is -0.329 e. The van der Waals surface area contributed by atoms with Gasteiger partial charge < -0.3 is 5.73 Å². The van der Waals surface area contributed by atoms with Gasteiger partial charge in [-0.1, -0.05) is 17.7 Å². The minimum atomic E-state index is 0.169. The standard InChI is InChI=1S/C14H15Br2ClN2S/c1-19(7-9-4-14(16)20-8-9)13(6-18)10-2-3-12(17)11(15)5-10/h2-5,8,13H,6-7,18H2,1H3. The molecule has 2 N–H and O–H groups in total. The SMILES string of the molecule is CN(Cc1csc(Br)c1)C(CN)c1ccc(Cl)c(Br)c1. The summed E-state index contributed by atoms with van der Waals surface area (Å²) in [5.41, 5.74) is 8.41. The molecule has 0 saturated heterocycles. The van der Waals surface area contributed by atoms with Crippen LogP contribution in [0.25, 0.3) is 0 Å². The predicted molar refractivity (Wildman–Crippen MR) is 94.4 cm³/mol. The van der Waals surface area contributed by atoms with Crippen LogP contribution in [0.3, 0.4) is 0 Å². The first-order chi connectivity index (χ1) is 9.51. The third kappa shape index (κ3) is 4.06. The van der Waals surface area contributed by atoms with Gasteiger partial charge in [0, 0.05) is 23.6 Å². The van der Waals surface area contributed by atoms with E-state index in [-0.39, 0.29) is 6.04 Å². The van der Waals surface area contributed by atoms with E-state index in [4.69, 9.17) is 17.3 Å². The summed E-state index contributed by atoms with van der Waals surface area (Å²) in [6.45, 7) is 1.43. The van der Waals surface area contributed by atoms with Crippen molar-refractivity contribution in [3.63, 3.8) is 0 Å². The highest BCUT2D eigenvalue weighted by Crippen LogP contribution is 2.29. The van der Waals surface area contributed by atoms with Crippen molar-refractivity contribution in [2.24, 2.45) is 5.73 Å². The van der Waals surface area contributed by atoms with E-state index < -0.39 is 0 Å². The van der Waals surface area contributed by atoms with Gasteiger partial charge in [-0.15, -0.1) is 11.3 Å². The minimum absolute atomic E-state index is 0.169. The number of hydrogen-bond donors (Lipinski definition) is 1. The summed E-state index contributed by atoms with van der Waals surface area (Å²) in [5.74, 6) is 0.